The van der Waals surface area contributed by atoms with Crippen LogP contribution >= 0.6 is 0 Å². The molecule has 0 aromatic heterocycles. The molecule has 0 heterocycles. The summed E-state index contributed by atoms with van der Waals surface area (Å²) in [6.07, 6.45) is 14.6. The van der Waals surface area contributed by atoms with Gasteiger partial charge in [-0.2, -0.15) is 5.26 Å². The predicted octanol–water partition coefficient (Wildman–Crippen LogP) is 6.12. The van der Waals surface area contributed by atoms with Gasteiger partial charge in [-0.3, -0.25) is 0 Å². The standard InChI is InChI=1S/C22H33N/c1-15-14-22(3)17(11-13-23)8-10-19(22)18-9-7-16-6-4-5-12-21(16,2)20(15)18/h11,15-16,18-20H,4-10,12,14H2,1-3H3/b17-11-/t15-,16?,18-,19?,20?,21?,22+/m0/s1. The Labute approximate surface area is 142 Å². The van der Waals surface area contributed by atoms with Crippen molar-refractivity contribution in [3.8, 4) is 6.07 Å². The van der Waals surface area contributed by atoms with E-state index in [0.717, 1.165) is 29.6 Å². The molecule has 126 valence electrons. The van der Waals surface area contributed by atoms with Crippen LogP contribution in [0, 0.1) is 51.8 Å². The fourth-order valence-electron chi connectivity index (χ4n) is 8.16. The van der Waals surface area contributed by atoms with E-state index >= 15 is 0 Å². The van der Waals surface area contributed by atoms with Crippen molar-refractivity contribution >= 4 is 0 Å². The maximum Gasteiger partial charge on any atom is 0.0911 e. The van der Waals surface area contributed by atoms with E-state index in [-0.39, 0.29) is 0 Å². The lowest BCUT2D eigenvalue weighted by atomic mass is 9.43. The van der Waals surface area contributed by atoms with E-state index in [1.807, 2.05) is 6.08 Å². The van der Waals surface area contributed by atoms with E-state index in [1.54, 1.807) is 0 Å². The van der Waals surface area contributed by atoms with Gasteiger partial charge in [0.1, 0.15) is 0 Å². The lowest BCUT2D eigenvalue weighted by molar-refractivity contribution is -0.124. The van der Waals surface area contributed by atoms with Gasteiger partial charge in [0.2, 0.25) is 0 Å². The Bertz CT molecular complexity index is 555. The molecule has 4 unspecified atom stereocenters. The van der Waals surface area contributed by atoms with Gasteiger partial charge in [0.05, 0.1) is 6.07 Å². The first-order valence-corrected chi connectivity index (χ1v) is 10.1. The Hall–Kier alpha value is -0.770. The molecule has 0 amide bonds. The van der Waals surface area contributed by atoms with Crippen molar-refractivity contribution in [1.29, 1.82) is 5.26 Å². The number of hydrogen-bond donors (Lipinski definition) is 0. The van der Waals surface area contributed by atoms with Crippen LogP contribution in [0.15, 0.2) is 11.6 Å². The zero-order valence-corrected chi connectivity index (χ0v) is 15.3. The van der Waals surface area contributed by atoms with Crippen LogP contribution in [0.5, 0.6) is 0 Å². The largest absolute Gasteiger partial charge is 0.193 e. The van der Waals surface area contributed by atoms with E-state index < -0.39 is 0 Å². The summed E-state index contributed by atoms with van der Waals surface area (Å²) < 4.78 is 0. The zero-order valence-electron chi connectivity index (χ0n) is 15.3. The van der Waals surface area contributed by atoms with Crippen molar-refractivity contribution in [3.05, 3.63) is 11.6 Å². The van der Waals surface area contributed by atoms with Gasteiger partial charge in [-0.1, -0.05) is 39.2 Å². The average molecular weight is 312 g/mol. The summed E-state index contributed by atoms with van der Waals surface area (Å²) in [5.41, 5.74) is 2.42. The molecule has 23 heavy (non-hydrogen) atoms. The predicted molar refractivity (Wildman–Crippen MR) is 94.6 cm³/mol. The Morgan fingerprint density at radius 1 is 1.13 bits per heavy atom. The third-order valence-electron chi connectivity index (χ3n) is 8.91. The maximum absolute atomic E-state index is 9.20. The molecule has 0 aromatic rings. The second kappa shape index (κ2) is 5.37. The summed E-state index contributed by atoms with van der Waals surface area (Å²) in [7, 11) is 0. The normalized spacial score (nSPS) is 54.0. The second-order valence-electron chi connectivity index (χ2n) is 9.76. The first-order valence-electron chi connectivity index (χ1n) is 10.1. The van der Waals surface area contributed by atoms with E-state index in [4.69, 9.17) is 0 Å². The molecule has 0 aliphatic heterocycles. The lowest BCUT2D eigenvalue weighted by Crippen LogP contribution is -2.55. The quantitative estimate of drug-likeness (QED) is 0.495. The summed E-state index contributed by atoms with van der Waals surface area (Å²) in [5.74, 6) is 4.55. The average Bonchev–Trinajstić information content (AvgIpc) is 2.83. The highest BCUT2D eigenvalue weighted by Gasteiger charge is 2.60. The Morgan fingerprint density at radius 2 is 1.96 bits per heavy atom. The molecule has 1 heteroatoms. The molecule has 0 bridgehead atoms. The molecular formula is C22H33N. The van der Waals surface area contributed by atoms with Crippen molar-refractivity contribution in [2.75, 3.05) is 0 Å². The molecule has 0 N–H and O–H groups in total. The third-order valence-corrected chi connectivity index (χ3v) is 8.91. The van der Waals surface area contributed by atoms with Crippen LogP contribution in [0.4, 0.5) is 0 Å². The van der Waals surface area contributed by atoms with Crippen molar-refractivity contribution in [2.45, 2.75) is 78.6 Å². The first kappa shape index (κ1) is 15.7. The first-order chi connectivity index (χ1) is 11.0. The van der Waals surface area contributed by atoms with Gasteiger partial charge in [-0.05, 0) is 85.4 Å². The molecule has 4 aliphatic rings. The highest BCUT2D eigenvalue weighted by Crippen LogP contribution is 2.68. The fraction of sp³-hybridized carbons (Fsp3) is 0.864. The maximum atomic E-state index is 9.20. The van der Waals surface area contributed by atoms with Crippen molar-refractivity contribution in [2.24, 2.45) is 40.4 Å². The topological polar surface area (TPSA) is 23.8 Å². The smallest absolute Gasteiger partial charge is 0.0911 e. The highest BCUT2D eigenvalue weighted by atomic mass is 14.6. The summed E-state index contributed by atoms with van der Waals surface area (Å²) >= 11 is 0. The molecular weight excluding hydrogens is 278 g/mol. The van der Waals surface area contributed by atoms with Gasteiger partial charge in [0.25, 0.3) is 0 Å². The molecule has 0 spiro atoms. The number of rotatable bonds is 0. The number of nitriles is 1. The second-order valence-corrected chi connectivity index (χ2v) is 9.76. The molecule has 4 rings (SSSR count). The molecule has 4 saturated carbocycles. The Morgan fingerprint density at radius 3 is 2.74 bits per heavy atom. The van der Waals surface area contributed by atoms with E-state index in [2.05, 4.69) is 26.8 Å². The zero-order chi connectivity index (χ0) is 16.2. The van der Waals surface area contributed by atoms with Gasteiger partial charge >= 0.3 is 0 Å². The molecule has 1 nitrogen and oxygen atoms in total. The molecule has 0 saturated heterocycles. The van der Waals surface area contributed by atoms with Gasteiger partial charge in [0.15, 0.2) is 0 Å². The van der Waals surface area contributed by atoms with Gasteiger partial charge in [-0.15, -0.1) is 0 Å². The number of hydrogen-bond acceptors (Lipinski definition) is 1. The van der Waals surface area contributed by atoms with Crippen LogP contribution in [0.3, 0.4) is 0 Å². The molecule has 0 radical (unpaired) electrons. The Kier molecular flexibility index (Phi) is 3.67. The third kappa shape index (κ3) is 2.09. The molecule has 7 atom stereocenters. The van der Waals surface area contributed by atoms with E-state index in [0.29, 0.717) is 10.8 Å². The van der Waals surface area contributed by atoms with Crippen LogP contribution in [0.1, 0.15) is 78.6 Å². The van der Waals surface area contributed by atoms with Gasteiger partial charge in [0, 0.05) is 6.08 Å². The van der Waals surface area contributed by atoms with Crippen molar-refractivity contribution in [1.82, 2.24) is 0 Å². The monoisotopic (exact) mass is 311 g/mol. The van der Waals surface area contributed by atoms with Crippen molar-refractivity contribution < 1.29 is 0 Å². The molecule has 4 fully saturated rings. The van der Waals surface area contributed by atoms with E-state index in [1.165, 1.54) is 63.4 Å². The SMILES string of the molecule is C[C@H]1C[C@]2(C)/C(=C\C#N)CCC2[C@@H]2CCC3CCCCC3(C)C21. The van der Waals surface area contributed by atoms with Crippen LogP contribution in [0.2, 0.25) is 0 Å². The van der Waals surface area contributed by atoms with Crippen LogP contribution in [-0.2, 0) is 0 Å². The number of fused-ring (bicyclic) bond motifs is 5. The number of nitrogens with zero attached hydrogens (tertiary/aromatic N) is 1. The highest BCUT2D eigenvalue weighted by molar-refractivity contribution is 5.28. The minimum Gasteiger partial charge on any atom is -0.193 e. The van der Waals surface area contributed by atoms with Crippen LogP contribution < -0.4 is 0 Å². The molecule has 0 aromatic carbocycles. The summed E-state index contributed by atoms with van der Waals surface area (Å²) in [4.78, 5) is 0. The fourth-order valence-corrected chi connectivity index (χ4v) is 8.16. The summed E-state index contributed by atoms with van der Waals surface area (Å²) in [6, 6.07) is 2.35. The number of allylic oxidation sites excluding steroid dienone is 2. The van der Waals surface area contributed by atoms with Crippen LogP contribution in [-0.4, -0.2) is 0 Å². The lowest BCUT2D eigenvalue weighted by Gasteiger charge is -2.62. The minimum absolute atomic E-state index is 0.328. The summed E-state index contributed by atoms with van der Waals surface area (Å²) in [5, 5.41) is 9.20. The minimum atomic E-state index is 0.328. The molecule has 4 aliphatic carbocycles. The summed E-state index contributed by atoms with van der Waals surface area (Å²) in [6.45, 7) is 7.70. The van der Waals surface area contributed by atoms with Gasteiger partial charge in [-0.25, -0.2) is 0 Å². The van der Waals surface area contributed by atoms with Crippen molar-refractivity contribution in [3.63, 3.8) is 0 Å². The van der Waals surface area contributed by atoms with Gasteiger partial charge < -0.3 is 0 Å². The van der Waals surface area contributed by atoms with E-state index in [9.17, 15) is 5.26 Å². The van der Waals surface area contributed by atoms with Crippen LogP contribution in [0.25, 0.3) is 0 Å². The Balaban J connectivity index is 1.71.